The van der Waals surface area contributed by atoms with Gasteiger partial charge in [0.2, 0.25) is 0 Å². The molecule has 4 nitrogen and oxygen atoms in total. The van der Waals surface area contributed by atoms with Crippen molar-refractivity contribution in [2.75, 3.05) is 0 Å². The third-order valence-electron chi connectivity index (χ3n) is 3.52. The number of aromatic nitrogens is 1. The first-order chi connectivity index (χ1) is 9.44. The average Bonchev–Trinajstić information content (AvgIpc) is 2.78. The maximum atomic E-state index is 11.3. The lowest BCUT2D eigenvalue weighted by Crippen LogP contribution is -2.09. The zero-order valence-electron chi connectivity index (χ0n) is 11.8. The Balaban J connectivity index is 2.23. The summed E-state index contributed by atoms with van der Waals surface area (Å²) in [5.41, 5.74) is 0.929. The summed E-state index contributed by atoms with van der Waals surface area (Å²) in [5.74, 6) is -0.905. The maximum absolute atomic E-state index is 11.3. The number of carbonyl (C=O) groups is 1. The third kappa shape index (κ3) is 2.83. The van der Waals surface area contributed by atoms with Crippen molar-refractivity contribution in [3.63, 3.8) is 0 Å². The predicted molar refractivity (Wildman–Crippen MR) is 77.5 cm³/mol. The van der Waals surface area contributed by atoms with Gasteiger partial charge in [0.05, 0.1) is 17.0 Å². The van der Waals surface area contributed by atoms with Crippen LogP contribution in [-0.2, 0) is 6.54 Å². The summed E-state index contributed by atoms with van der Waals surface area (Å²) in [6.07, 6.45) is 3.32. The lowest BCUT2D eigenvalue weighted by molar-refractivity contribution is 0.0698. The van der Waals surface area contributed by atoms with Crippen molar-refractivity contribution >= 4 is 16.9 Å². The summed E-state index contributed by atoms with van der Waals surface area (Å²) >= 11 is 0. The minimum absolute atomic E-state index is 0.333. The van der Waals surface area contributed by atoms with Crippen molar-refractivity contribution in [2.45, 2.75) is 33.2 Å². The van der Waals surface area contributed by atoms with Crippen LogP contribution in [0.25, 0.3) is 10.9 Å². The van der Waals surface area contributed by atoms with Gasteiger partial charge in [0.15, 0.2) is 0 Å². The summed E-state index contributed by atoms with van der Waals surface area (Å²) < 4.78 is 1.96. The minimum atomic E-state index is -0.905. The van der Waals surface area contributed by atoms with Gasteiger partial charge in [-0.2, -0.15) is 5.26 Å². The van der Waals surface area contributed by atoms with Gasteiger partial charge in [0.25, 0.3) is 0 Å². The van der Waals surface area contributed by atoms with Crippen LogP contribution in [0.15, 0.2) is 30.5 Å². The second kappa shape index (κ2) is 5.38. The Morgan fingerprint density at radius 3 is 2.75 bits per heavy atom. The molecule has 1 aromatic carbocycles. The Morgan fingerprint density at radius 1 is 1.40 bits per heavy atom. The zero-order valence-corrected chi connectivity index (χ0v) is 11.8. The first kappa shape index (κ1) is 14.1. The number of para-hydroxylation sites is 1. The van der Waals surface area contributed by atoms with Gasteiger partial charge in [-0.1, -0.05) is 18.2 Å². The van der Waals surface area contributed by atoms with Gasteiger partial charge in [-0.05, 0) is 32.8 Å². The molecule has 0 spiro atoms. The fourth-order valence-electron chi connectivity index (χ4n) is 2.35. The number of hydrogen-bond donors (Lipinski definition) is 1. The van der Waals surface area contributed by atoms with E-state index in [0.29, 0.717) is 5.56 Å². The van der Waals surface area contributed by atoms with Crippen LogP contribution in [0.2, 0.25) is 0 Å². The molecule has 2 aromatic rings. The number of benzene rings is 1. The van der Waals surface area contributed by atoms with E-state index < -0.39 is 5.97 Å². The summed E-state index contributed by atoms with van der Waals surface area (Å²) in [7, 11) is 0. The molecule has 2 rings (SSSR count). The highest BCUT2D eigenvalue weighted by Crippen LogP contribution is 2.24. The van der Waals surface area contributed by atoms with Crippen LogP contribution in [0.4, 0.5) is 0 Å². The first-order valence-electron chi connectivity index (χ1n) is 6.67. The molecule has 0 unspecified atom stereocenters. The van der Waals surface area contributed by atoms with Crippen LogP contribution in [0.5, 0.6) is 0 Å². The Bertz CT molecular complexity index is 677. The van der Waals surface area contributed by atoms with Crippen molar-refractivity contribution in [2.24, 2.45) is 5.41 Å². The second-order valence-corrected chi connectivity index (χ2v) is 5.66. The van der Waals surface area contributed by atoms with Gasteiger partial charge in [0.1, 0.15) is 0 Å². The quantitative estimate of drug-likeness (QED) is 0.901. The van der Waals surface area contributed by atoms with Gasteiger partial charge in [0, 0.05) is 23.6 Å². The van der Waals surface area contributed by atoms with Crippen LogP contribution < -0.4 is 0 Å². The molecule has 1 heterocycles. The van der Waals surface area contributed by atoms with E-state index in [4.69, 9.17) is 5.26 Å². The zero-order chi connectivity index (χ0) is 14.8. The number of nitrogens with zero attached hydrogens (tertiary/aromatic N) is 2. The van der Waals surface area contributed by atoms with Crippen LogP contribution in [0.1, 0.15) is 37.0 Å². The van der Waals surface area contributed by atoms with E-state index in [1.54, 1.807) is 6.20 Å². The fourth-order valence-corrected chi connectivity index (χ4v) is 2.35. The molecule has 1 aromatic heterocycles. The molecule has 0 radical (unpaired) electrons. The molecule has 0 bridgehead atoms. The smallest absolute Gasteiger partial charge is 0.337 e. The van der Waals surface area contributed by atoms with E-state index in [1.165, 1.54) is 0 Å². The van der Waals surface area contributed by atoms with Gasteiger partial charge in [-0.25, -0.2) is 4.79 Å². The Morgan fingerprint density at radius 2 is 2.10 bits per heavy atom. The average molecular weight is 270 g/mol. The Labute approximate surface area is 118 Å². The van der Waals surface area contributed by atoms with E-state index in [9.17, 15) is 9.90 Å². The van der Waals surface area contributed by atoms with Crippen LogP contribution >= 0.6 is 0 Å². The van der Waals surface area contributed by atoms with Gasteiger partial charge >= 0.3 is 5.97 Å². The molecule has 0 atom stereocenters. The highest BCUT2D eigenvalue weighted by Gasteiger charge is 2.17. The summed E-state index contributed by atoms with van der Waals surface area (Å²) in [4.78, 5) is 11.3. The number of hydrogen-bond acceptors (Lipinski definition) is 2. The molecular weight excluding hydrogens is 252 g/mol. The molecule has 4 heteroatoms. The Hall–Kier alpha value is -2.28. The number of carboxylic acid groups (broad SMARTS) is 1. The fraction of sp³-hybridized carbons (Fsp3) is 0.375. The highest BCUT2D eigenvalue weighted by atomic mass is 16.4. The standard InChI is InChI=1S/C16H18N2O2/c1-16(2,11-17)8-5-9-18-10-13(15(19)20)12-6-3-4-7-14(12)18/h3-4,6-7,10H,5,8-9H2,1-2H3,(H,19,20). The van der Waals surface area contributed by atoms with Crippen molar-refractivity contribution in [3.05, 3.63) is 36.0 Å². The molecule has 0 aliphatic carbocycles. The molecule has 0 amide bonds. The Kier molecular flexibility index (Phi) is 3.80. The molecule has 0 aliphatic heterocycles. The third-order valence-corrected chi connectivity index (χ3v) is 3.52. The van der Waals surface area contributed by atoms with Crippen molar-refractivity contribution in [1.29, 1.82) is 5.26 Å². The summed E-state index contributed by atoms with van der Waals surface area (Å²) in [5, 5.41) is 19.0. The topological polar surface area (TPSA) is 66.0 Å². The summed E-state index contributed by atoms with van der Waals surface area (Å²) in [6.45, 7) is 4.56. The van der Waals surface area contributed by atoms with Gasteiger partial charge < -0.3 is 9.67 Å². The molecule has 1 N–H and O–H groups in total. The van der Waals surface area contributed by atoms with Crippen LogP contribution in [0, 0.1) is 16.7 Å². The van der Waals surface area contributed by atoms with Crippen LogP contribution in [-0.4, -0.2) is 15.6 Å². The lowest BCUT2D eigenvalue weighted by Gasteiger charge is -2.15. The summed E-state index contributed by atoms with van der Waals surface area (Å²) in [6, 6.07) is 9.79. The van der Waals surface area contributed by atoms with E-state index >= 15 is 0 Å². The molecule has 104 valence electrons. The van der Waals surface area contributed by atoms with Crippen molar-refractivity contribution in [1.82, 2.24) is 4.57 Å². The van der Waals surface area contributed by atoms with Crippen molar-refractivity contribution in [3.8, 4) is 6.07 Å². The number of fused-ring (bicyclic) bond motifs is 1. The molecule has 0 fully saturated rings. The maximum Gasteiger partial charge on any atom is 0.337 e. The number of carboxylic acids is 1. The van der Waals surface area contributed by atoms with E-state index in [2.05, 4.69) is 6.07 Å². The van der Waals surface area contributed by atoms with Crippen LogP contribution in [0.3, 0.4) is 0 Å². The molecular formula is C16H18N2O2. The second-order valence-electron chi connectivity index (χ2n) is 5.66. The minimum Gasteiger partial charge on any atom is -0.478 e. The number of nitriles is 1. The first-order valence-corrected chi connectivity index (χ1v) is 6.67. The molecule has 0 aliphatic rings. The molecule has 20 heavy (non-hydrogen) atoms. The van der Waals surface area contributed by atoms with E-state index in [0.717, 1.165) is 30.3 Å². The predicted octanol–water partition coefficient (Wildman–Crippen LogP) is 3.67. The highest BCUT2D eigenvalue weighted by molar-refractivity contribution is 6.03. The van der Waals surface area contributed by atoms with Crippen molar-refractivity contribution < 1.29 is 9.90 Å². The number of aryl methyl sites for hydroxylation is 1. The molecule has 0 saturated heterocycles. The van der Waals surface area contributed by atoms with E-state index in [-0.39, 0.29) is 5.41 Å². The number of aromatic carboxylic acids is 1. The van der Waals surface area contributed by atoms with E-state index in [1.807, 2.05) is 42.7 Å². The SMILES string of the molecule is CC(C)(C#N)CCCn1cc(C(=O)O)c2ccccc21. The lowest BCUT2D eigenvalue weighted by atomic mass is 9.90. The largest absolute Gasteiger partial charge is 0.478 e. The normalized spacial score (nSPS) is 11.4. The molecule has 0 saturated carbocycles. The van der Waals surface area contributed by atoms with Gasteiger partial charge in [-0.3, -0.25) is 0 Å². The monoisotopic (exact) mass is 270 g/mol. The number of rotatable bonds is 5. The van der Waals surface area contributed by atoms with Gasteiger partial charge in [-0.15, -0.1) is 0 Å².